The molecule has 1 aromatic heterocycles. The first-order valence-corrected chi connectivity index (χ1v) is 7.04. The van der Waals surface area contributed by atoms with Gasteiger partial charge in [0.05, 0.1) is 12.2 Å². The molecule has 2 aromatic rings. The zero-order valence-corrected chi connectivity index (χ0v) is 12.3. The number of nitrogens with two attached hydrogens (primary N) is 1. The summed E-state index contributed by atoms with van der Waals surface area (Å²) in [6.45, 7) is 1.90. The number of alkyl halides is 3. The van der Waals surface area contributed by atoms with Crippen LogP contribution in [0.15, 0.2) is 30.5 Å². The summed E-state index contributed by atoms with van der Waals surface area (Å²) in [6.07, 6.45) is -3.61. The molecule has 23 heavy (non-hydrogen) atoms. The molecule has 8 heteroatoms. The summed E-state index contributed by atoms with van der Waals surface area (Å²) in [6, 6.07) is 4.83. The Hall–Kier alpha value is -2.51. The van der Waals surface area contributed by atoms with Crippen molar-refractivity contribution in [1.29, 1.82) is 0 Å². The summed E-state index contributed by atoms with van der Waals surface area (Å²) in [4.78, 5) is 11.4. The largest absolute Gasteiger partial charge is 0.410 e. The van der Waals surface area contributed by atoms with Crippen molar-refractivity contribution >= 4 is 11.7 Å². The van der Waals surface area contributed by atoms with Crippen molar-refractivity contribution in [2.24, 2.45) is 5.73 Å². The summed E-state index contributed by atoms with van der Waals surface area (Å²) in [5.74, 6) is -0.805. The number of nitrogens with one attached hydrogen (secondary N) is 1. The van der Waals surface area contributed by atoms with E-state index in [0.29, 0.717) is 5.56 Å². The molecule has 0 radical (unpaired) electrons. The molecule has 2 heterocycles. The Kier molecular flexibility index (Phi) is 3.54. The molecule has 0 bridgehead atoms. The summed E-state index contributed by atoms with van der Waals surface area (Å²) in [5.41, 5.74) is 6.91. The maximum Gasteiger partial charge on any atom is 0.410 e. The van der Waals surface area contributed by atoms with Crippen LogP contribution in [0.5, 0.6) is 0 Å². The molecular formula is C15H15F3N4O. The van der Waals surface area contributed by atoms with E-state index in [0.717, 1.165) is 16.4 Å². The van der Waals surface area contributed by atoms with Crippen molar-refractivity contribution < 1.29 is 18.0 Å². The molecule has 1 aliphatic rings. The third-order valence-electron chi connectivity index (χ3n) is 3.98. The maximum absolute atomic E-state index is 13.4. The van der Waals surface area contributed by atoms with Gasteiger partial charge in [0.15, 0.2) is 6.04 Å². The van der Waals surface area contributed by atoms with Gasteiger partial charge in [-0.2, -0.15) is 18.3 Å². The quantitative estimate of drug-likeness (QED) is 0.892. The second kappa shape index (κ2) is 5.29. The van der Waals surface area contributed by atoms with Gasteiger partial charge < -0.3 is 11.1 Å². The molecule has 2 atom stereocenters. The second-order valence-electron chi connectivity index (χ2n) is 5.62. The minimum Gasteiger partial charge on any atom is -0.365 e. The smallest absolute Gasteiger partial charge is 0.365 e. The highest BCUT2D eigenvalue weighted by Gasteiger charge is 2.47. The molecule has 5 nitrogen and oxygen atoms in total. The monoisotopic (exact) mass is 324 g/mol. The number of halogens is 3. The van der Waals surface area contributed by atoms with Gasteiger partial charge in [-0.1, -0.05) is 29.8 Å². The minimum absolute atomic E-state index is 0.0108. The average Bonchev–Trinajstić information content (AvgIpc) is 2.89. The van der Waals surface area contributed by atoms with Gasteiger partial charge in [0, 0.05) is 6.42 Å². The van der Waals surface area contributed by atoms with Gasteiger partial charge in [0.2, 0.25) is 0 Å². The van der Waals surface area contributed by atoms with Crippen molar-refractivity contribution in [3.05, 3.63) is 47.2 Å². The number of primary amides is 1. The lowest BCUT2D eigenvalue weighted by Gasteiger charge is -2.34. The van der Waals surface area contributed by atoms with Crippen LogP contribution < -0.4 is 11.1 Å². The molecule has 0 unspecified atom stereocenters. The number of hydrogen-bond acceptors (Lipinski definition) is 3. The van der Waals surface area contributed by atoms with E-state index >= 15 is 0 Å². The Morgan fingerprint density at radius 3 is 2.57 bits per heavy atom. The van der Waals surface area contributed by atoms with Crippen molar-refractivity contribution in [3.63, 3.8) is 0 Å². The van der Waals surface area contributed by atoms with Gasteiger partial charge in [-0.15, -0.1) is 0 Å². The van der Waals surface area contributed by atoms with Gasteiger partial charge >= 0.3 is 6.18 Å². The fraction of sp³-hybridized carbons (Fsp3) is 0.333. The van der Waals surface area contributed by atoms with Crippen LogP contribution in [0.25, 0.3) is 0 Å². The number of anilines is 1. The lowest BCUT2D eigenvalue weighted by Crippen LogP contribution is -2.36. The van der Waals surface area contributed by atoms with E-state index in [4.69, 9.17) is 5.73 Å². The fourth-order valence-corrected chi connectivity index (χ4v) is 2.76. The van der Waals surface area contributed by atoms with Crippen LogP contribution in [0.4, 0.5) is 19.0 Å². The predicted octanol–water partition coefficient (Wildman–Crippen LogP) is 2.95. The van der Waals surface area contributed by atoms with Crippen molar-refractivity contribution in [1.82, 2.24) is 9.78 Å². The van der Waals surface area contributed by atoms with Crippen LogP contribution in [0.3, 0.4) is 0 Å². The van der Waals surface area contributed by atoms with E-state index in [9.17, 15) is 18.0 Å². The number of hydrogen-bond donors (Lipinski definition) is 2. The van der Waals surface area contributed by atoms with Crippen LogP contribution in [-0.4, -0.2) is 21.9 Å². The van der Waals surface area contributed by atoms with Crippen LogP contribution in [0, 0.1) is 6.92 Å². The lowest BCUT2D eigenvalue weighted by molar-refractivity contribution is -0.173. The van der Waals surface area contributed by atoms with E-state index in [1.54, 1.807) is 12.1 Å². The number of rotatable bonds is 2. The van der Waals surface area contributed by atoms with Crippen LogP contribution >= 0.6 is 0 Å². The third-order valence-corrected chi connectivity index (χ3v) is 3.98. The zero-order chi connectivity index (χ0) is 16.8. The van der Waals surface area contributed by atoms with E-state index in [-0.39, 0.29) is 17.8 Å². The van der Waals surface area contributed by atoms with Crippen molar-refractivity contribution in [2.75, 3.05) is 5.32 Å². The fourth-order valence-electron chi connectivity index (χ4n) is 2.76. The number of carbonyl (C=O) groups is 1. The Labute approximate surface area is 130 Å². The highest BCUT2D eigenvalue weighted by atomic mass is 19.4. The Morgan fingerprint density at radius 1 is 1.35 bits per heavy atom. The molecule has 0 saturated carbocycles. The molecule has 0 saturated heterocycles. The van der Waals surface area contributed by atoms with Crippen LogP contribution in [0.2, 0.25) is 0 Å². The molecule has 0 aliphatic carbocycles. The zero-order valence-electron chi connectivity index (χ0n) is 12.3. The molecule has 0 fully saturated rings. The van der Waals surface area contributed by atoms with E-state index in [1.807, 2.05) is 19.1 Å². The van der Waals surface area contributed by atoms with E-state index in [2.05, 4.69) is 10.4 Å². The van der Waals surface area contributed by atoms with Gasteiger partial charge in [-0.25, -0.2) is 4.68 Å². The SMILES string of the molecule is Cc1ccc([C@@H]2C[C@H](C(F)(F)F)n3ncc(C(N)=O)c3N2)cc1. The highest BCUT2D eigenvalue weighted by molar-refractivity contribution is 5.97. The van der Waals surface area contributed by atoms with Crippen LogP contribution in [-0.2, 0) is 0 Å². The molecule has 1 amide bonds. The van der Waals surface area contributed by atoms with E-state index in [1.165, 1.54) is 0 Å². The van der Waals surface area contributed by atoms with Gasteiger partial charge in [-0.3, -0.25) is 4.79 Å². The van der Waals surface area contributed by atoms with Gasteiger partial charge in [0.1, 0.15) is 11.4 Å². The number of aryl methyl sites for hydroxylation is 1. The topological polar surface area (TPSA) is 72.9 Å². The summed E-state index contributed by atoms with van der Waals surface area (Å²) in [5, 5.41) is 6.67. The lowest BCUT2D eigenvalue weighted by atomic mass is 9.96. The Bertz CT molecular complexity index is 736. The predicted molar refractivity (Wildman–Crippen MR) is 78.0 cm³/mol. The Morgan fingerprint density at radius 2 is 2.00 bits per heavy atom. The number of aromatic nitrogens is 2. The average molecular weight is 324 g/mol. The molecule has 0 spiro atoms. The summed E-state index contributed by atoms with van der Waals surface area (Å²) in [7, 11) is 0. The van der Waals surface area contributed by atoms with Crippen molar-refractivity contribution in [2.45, 2.75) is 31.6 Å². The number of carbonyl (C=O) groups excluding carboxylic acids is 1. The first-order valence-electron chi connectivity index (χ1n) is 7.04. The summed E-state index contributed by atoms with van der Waals surface area (Å²) < 4.78 is 40.9. The number of amides is 1. The van der Waals surface area contributed by atoms with Crippen molar-refractivity contribution in [3.8, 4) is 0 Å². The van der Waals surface area contributed by atoms with Crippen LogP contribution in [0.1, 0.15) is 40.0 Å². The molecule has 3 rings (SSSR count). The Balaban J connectivity index is 2.05. The first kappa shape index (κ1) is 15.4. The molecule has 1 aromatic carbocycles. The standard InChI is InChI=1S/C15H15F3N4O/c1-8-2-4-9(5-3-8)11-6-12(15(16,17)18)22-14(21-11)10(7-20-22)13(19)23/h2-5,7,11-12,21H,6H2,1H3,(H2,19,23)/t11-,12+/m0/s1. The molecule has 3 N–H and O–H groups in total. The second-order valence-corrected chi connectivity index (χ2v) is 5.62. The van der Waals surface area contributed by atoms with Gasteiger partial charge in [0.25, 0.3) is 5.91 Å². The molecular weight excluding hydrogens is 309 g/mol. The maximum atomic E-state index is 13.4. The summed E-state index contributed by atoms with van der Waals surface area (Å²) >= 11 is 0. The number of fused-ring (bicyclic) bond motifs is 1. The normalized spacial score (nSPS) is 20.7. The molecule has 1 aliphatic heterocycles. The third kappa shape index (κ3) is 2.76. The minimum atomic E-state index is -4.47. The number of benzene rings is 1. The molecule has 122 valence electrons. The first-order chi connectivity index (χ1) is 10.8. The number of nitrogens with zero attached hydrogens (tertiary/aromatic N) is 2. The highest BCUT2D eigenvalue weighted by Crippen LogP contribution is 2.44. The van der Waals surface area contributed by atoms with E-state index < -0.39 is 24.2 Å². The van der Waals surface area contributed by atoms with Gasteiger partial charge in [-0.05, 0) is 12.5 Å².